The number of amides is 1. The summed E-state index contributed by atoms with van der Waals surface area (Å²) in [5, 5.41) is 12.1. The first-order chi connectivity index (χ1) is 8.60. The highest BCUT2D eigenvalue weighted by atomic mass is 19.1. The number of nitrogens with zero attached hydrogens (tertiary/aromatic N) is 2. The van der Waals surface area contributed by atoms with Gasteiger partial charge in [0.05, 0.1) is 11.3 Å². The molecule has 1 fully saturated rings. The van der Waals surface area contributed by atoms with E-state index in [0.29, 0.717) is 18.7 Å². The van der Waals surface area contributed by atoms with Crippen molar-refractivity contribution in [2.75, 3.05) is 18.9 Å². The van der Waals surface area contributed by atoms with Crippen LogP contribution in [0, 0.1) is 17.1 Å². The third kappa shape index (κ3) is 2.59. The molecule has 1 amide bonds. The third-order valence-electron chi connectivity index (χ3n) is 3.09. The molecule has 0 bridgehead atoms. The summed E-state index contributed by atoms with van der Waals surface area (Å²) >= 11 is 0. The summed E-state index contributed by atoms with van der Waals surface area (Å²) in [6, 6.07) is 6.15. The van der Waals surface area contributed by atoms with Gasteiger partial charge in [-0.1, -0.05) is 0 Å². The van der Waals surface area contributed by atoms with E-state index in [9.17, 15) is 9.18 Å². The topological polar surface area (TPSA) is 56.1 Å². The molecule has 1 N–H and O–H groups in total. The fraction of sp³-hybridized carbons (Fsp3) is 0.385. The van der Waals surface area contributed by atoms with Gasteiger partial charge in [-0.05, 0) is 24.6 Å². The Balaban J connectivity index is 2.10. The van der Waals surface area contributed by atoms with Crippen LogP contribution in [0.4, 0.5) is 10.1 Å². The summed E-state index contributed by atoms with van der Waals surface area (Å²) in [4.78, 5) is 13.0. The minimum atomic E-state index is -0.423. The number of carbonyl (C=O) groups excluding carboxylic acids is 1. The van der Waals surface area contributed by atoms with Crippen LogP contribution in [0.2, 0.25) is 0 Å². The van der Waals surface area contributed by atoms with Gasteiger partial charge in [0.2, 0.25) is 5.91 Å². The molecule has 0 spiro atoms. The van der Waals surface area contributed by atoms with E-state index in [1.807, 2.05) is 6.07 Å². The molecule has 0 saturated carbocycles. The zero-order valence-electron chi connectivity index (χ0n) is 10.1. The molecule has 0 aliphatic carbocycles. The van der Waals surface area contributed by atoms with E-state index in [2.05, 4.69) is 5.32 Å². The van der Waals surface area contributed by atoms with Crippen LogP contribution in [-0.4, -0.2) is 30.4 Å². The quantitative estimate of drug-likeness (QED) is 0.865. The van der Waals surface area contributed by atoms with E-state index in [0.717, 1.165) is 6.42 Å². The first-order valence-corrected chi connectivity index (χ1v) is 5.80. The average molecular weight is 247 g/mol. The van der Waals surface area contributed by atoms with Gasteiger partial charge in [0, 0.05) is 26.1 Å². The SMILES string of the molecule is CN1C[C@H](Nc2ccc(F)cc2C#N)CCC1=O. The van der Waals surface area contributed by atoms with Gasteiger partial charge in [-0.2, -0.15) is 5.26 Å². The normalized spacial score (nSPS) is 19.5. The van der Waals surface area contributed by atoms with Crippen LogP contribution in [0.1, 0.15) is 18.4 Å². The Bertz CT molecular complexity index is 509. The van der Waals surface area contributed by atoms with Crippen LogP contribution in [0.25, 0.3) is 0 Å². The summed E-state index contributed by atoms with van der Waals surface area (Å²) in [6.45, 7) is 0.598. The lowest BCUT2D eigenvalue weighted by molar-refractivity contribution is -0.132. The van der Waals surface area contributed by atoms with E-state index in [1.54, 1.807) is 18.0 Å². The number of rotatable bonds is 2. The van der Waals surface area contributed by atoms with Crippen molar-refractivity contribution in [2.45, 2.75) is 18.9 Å². The molecule has 94 valence electrons. The standard InChI is InChI=1S/C13H14FN3O/c1-17-8-11(3-5-13(17)18)16-12-4-2-10(14)6-9(12)7-15/h2,4,6,11,16H,3,5,8H2,1H3/t11-/m1/s1. The number of hydrogen-bond donors (Lipinski definition) is 1. The number of carbonyl (C=O) groups is 1. The summed E-state index contributed by atoms with van der Waals surface area (Å²) in [5.41, 5.74) is 0.904. The number of benzene rings is 1. The molecular formula is C13H14FN3O. The third-order valence-corrected chi connectivity index (χ3v) is 3.09. The lowest BCUT2D eigenvalue weighted by Gasteiger charge is -2.31. The number of hydrogen-bond acceptors (Lipinski definition) is 3. The molecular weight excluding hydrogens is 233 g/mol. The smallest absolute Gasteiger partial charge is 0.222 e. The van der Waals surface area contributed by atoms with Crippen molar-refractivity contribution in [1.29, 1.82) is 5.26 Å². The fourth-order valence-corrected chi connectivity index (χ4v) is 2.08. The first kappa shape index (κ1) is 12.4. The second-order valence-electron chi connectivity index (χ2n) is 4.46. The summed E-state index contributed by atoms with van der Waals surface area (Å²) < 4.78 is 13.0. The Labute approximate surface area is 105 Å². The molecule has 4 nitrogen and oxygen atoms in total. The summed E-state index contributed by atoms with van der Waals surface area (Å²) in [5.74, 6) is -0.291. The van der Waals surface area contributed by atoms with Crippen molar-refractivity contribution in [3.05, 3.63) is 29.6 Å². The van der Waals surface area contributed by atoms with Crippen molar-refractivity contribution in [2.24, 2.45) is 0 Å². The molecule has 1 aromatic carbocycles. The van der Waals surface area contributed by atoms with Crippen molar-refractivity contribution in [1.82, 2.24) is 4.90 Å². The molecule has 1 atom stereocenters. The lowest BCUT2D eigenvalue weighted by atomic mass is 10.0. The van der Waals surface area contributed by atoms with E-state index in [-0.39, 0.29) is 17.5 Å². The van der Waals surface area contributed by atoms with Gasteiger partial charge in [-0.25, -0.2) is 4.39 Å². The number of nitrogens with one attached hydrogen (secondary N) is 1. The van der Waals surface area contributed by atoms with Crippen LogP contribution in [0.15, 0.2) is 18.2 Å². The molecule has 0 unspecified atom stereocenters. The molecule has 1 aliphatic heterocycles. The van der Waals surface area contributed by atoms with Crippen molar-refractivity contribution >= 4 is 11.6 Å². The van der Waals surface area contributed by atoms with Crippen LogP contribution < -0.4 is 5.32 Å². The summed E-state index contributed by atoms with van der Waals surface area (Å²) in [6.07, 6.45) is 1.22. The number of nitriles is 1. The monoisotopic (exact) mass is 247 g/mol. The Morgan fingerprint density at radius 3 is 3.00 bits per heavy atom. The molecule has 5 heteroatoms. The van der Waals surface area contributed by atoms with Gasteiger partial charge in [0.15, 0.2) is 0 Å². The second kappa shape index (κ2) is 5.05. The van der Waals surface area contributed by atoms with Crippen LogP contribution in [-0.2, 0) is 4.79 Å². The zero-order chi connectivity index (χ0) is 13.1. The van der Waals surface area contributed by atoms with Gasteiger partial charge in [0.25, 0.3) is 0 Å². The molecule has 0 radical (unpaired) electrons. The first-order valence-electron chi connectivity index (χ1n) is 5.80. The molecule has 1 heterocycles. The van der Waals surface area contributed by atoms with E-state index in [4.69, 9.17) is 5.26 Å². The number of halogens is 1. The molecule has 1 saturated heterocycles. The van der Waals surface area contributed by atoms with Crippen LogP contribution in [0.5, 0.6) is 0 Å². The fourth-order valence-electron chi connectivity index (χ4n) is 2.08. The molecule has 18 heavy (non-hydrogen) atoms. The number of anilines is 1. The van der Waals surface area contributed by atoms with Gasteiger partial charge in [-0.3, -0.25) is 4.79 Å². The van der Waals surface area contributed by atoms with Crippen LogP contribution >= 0.6 is 0 Å². The van der Waals surface area contributed by atoms with E-state index in [1.165, 1.54) is 12.1 Å². The largest absolute Gasteiger partial charge is 0.379 e. The average Bonchev–Trinajstić information content (AvgIpc) is 2.36. The van der Waals surface area contributed by atoms with Crippen molar-refractivity contribution in [3.63, 3.8) is 0 Å². The second-order valence-corrected chi connectivity index (χ2v) is 4.46. The molecule has 1 aromatic rings. The predicted octanol–water partition coefficient (Wildman–Crippen LogP) is 1.73. The highest BCUT2D eigenvalue weighted by Gasteiger charge is 2.23. The Kier molecular flexibility index (Phi) is 3.47. The zero-order valence-corrected chi connectivity index (χ0v) is 10.1. The maximum absolute atomic E-state index is 13.0. The molecule has 2 rings (SSSR count). The molecule has 1 aliphatic rings. The highest BCUT2D eigenvalue weighted by Crippen LogP contribution is 2.20. The van der Waals surface area contributed by atoms with Gasteiger partial charge in [-0.15, -0.1) is 0 Å². The minimum absolute atomic E-state index is 0.102. The lowest BCUT2D eigenvalue weighted by Crippen LogP contribution is -2.43. The Morgan fingerprint density at radius 2 is 2.33 bits per heavy atom. The van der Waals surface area contributed by atoms with Gasteiger partial charge < -0.3 is 10.2 Å². The van der Waals surface area contributed by atoms with Crippen molar-refractivity contribution < 1.29 is 9.18 Å². The number of likely N-dealkylation sites (tertiary alicyclic amines) is 1. The van der Waals surface area contributed by atoms with Crippen LogP contribution in [0.3, 0.4) is 0 Å². The number of likely N-dealkylation sites (N-methyl/N-ethyl adjacent to an activating group) is 1. The van der Waals surface area contributed by atoms with E-state index < -0.39 is 5.82 Å². The van der Waals surface area contributed by atoms with Crippen molar-refractivity contribution in [3.8, 4) is 6.07 Å². The highest BCUT2D eigenvalue weighted by molar-refractivity contribution is 5.77. The van der Waals surface area contributed by atoms with Gasteiger partial charge >= 0.3 is 0 Å². The Hall–Kier alpha value is -2.09. The summed E-state index contributed by atoms with van der Waals surface area (Å²) in [7, 11) is 1.76. The predicted molar refractivity (Wildman–Crippen MR) is 65.4 cm³/mol. The van der Waals surface area contributed by atoms with Gasteiger partial charge in [0.1, 0.15) is 11.9 Å². The maximum Gasteiger partial charge on any atom is 0.222 e. The maximum atomic E-state index is 13.0. The number of piperidine rings is 1. The molecule has 0 aromatic heterocycles. The Morgan fingerprint density at radius 1 is 1.56 bits per heavy atom. The minimum Gasteiger partial charge on any atom is -0.379 e. The van der Waals surface area contributed by atoms with E-state index >= 15 is 0 Å².